The van der Waals surface area contributed by atoms with E-state index in [-0.39, 0.29) is 18.3 Å². The van der Waals surface area contributed by atoms with E-state index in [2.05, 4.69) is 4.99 Å². The fourth-order valence-electron chi connectivity index (χ4n) is 1.79. The summed E-state index contributed by atoms with van der Waals surface area (Å²) in [5, 5.41) is 0. The summed E-state index contributed by atoms with van der Waals surface area (Å²) in [5.74, 6) is 0. The van der Waals surface area contributed by atoms with Crippen LogP contribution in [-0.4, -0.2) is 38.9 Å². The summed E-state index contributed by atoms with van der Waals surface area (Å²) in [6.07, 6.45) is 2.07. The van der Waals surface area contributed by atoms with Crippen LogP contribution in [0.25, 0.3) is 0 Å². The van der Waals surface area contributed by atoms with Gasteiger partial charge in [0, 0.05) is 18.3 Å². The highest BCUT2D eigenvalue weighted by atomic mass is 28.4. The number of isocyanates is 1. The first-order valence-corrected chi connectivity index (χ1v) is 8.68. The molecule has 0 aromatic rings. The Bertz CT molecular complexity index is 274. The van der Waals surface area contributed by atoms with Crippen molar-refractivity contribution in [2.75, 3.05) is 0 Å². The van der Waals surface area contributed by atoms with Gasteiger partial charge in [0.25, 0.3) is 0 Å². The van der Waals surface area contributed by atoms with Gasteiger partial charge in [0.1, 0.15) is 5.67 Å². The molecule has 1 unspecified atom stereocenters. The zero-order chi connectivity index (χ0) is 15.1. The van der Waals surface area contributed by atoms with Crippen LogP contribution in [0.2, 0.25) is 0 Å². The molecule has 0 fully saturated rings. The Balaban J connectivity index is 5.47. The lowest BCUT2D eigenvalue weighted by atomic mass is 10.5. The van der Waals surface area contributed by atoms with Crippen LogP contribution in [0.1, 0.15) is 54.9 Å². The van der Waals surface area contributed by atoms with E-state index in [9.17, 15) is 4.79 Å². The Kier molecular flexibility index (Phi) is 8.37. The van der Waals surface area contributed by atoms with Crippen LogP contribution in [-0.2, 0) is 18.1 Å². The molecule has 0 aromatic carbocycles. The predicted octanol–water partition coefficient (Wildman–Crippen LogP) is 2.85. The molecule has 0 N–H and O–H groups in total. The number of rotatable bonds is 9. The van der Waals surface area contributed by atoms with Crippen molar-refractivity contribution < 1.29 is 18.1 Å². The molecule has 0 spiro atoms. The minimum Gasteiger partial charge on any atom is -0.370 e. The highest BCUT2D eigenvalue weighted by Crippen LogP contribution is 2.25. The van der Waals surface area contributed by atoms with E-state index < -0.39 is 14.5 Å². The summed E-state index contributed by atoms with van der Waals surface area (Å²) in [6, 6.07) is 0. The Morgan fingerprint density at radius 3 is 1.53 bits per heavy atom. The van der Waals surface area contributed by atoms with Gasteiger partial charge < -0.3 is 13.3 Å². The maximum Gasteiger partial charge on any atom is 0.528 e. The molecule has 1 atom stereocenters. The van der Waals surface area contributed by atoms with Gasteiger partial charge in [-0.3, -0.25) is 0 Å². The standard InChI is InChI=1S/C13H27NO4Si/c1-8-13(14-9-15)19(16-10(2)3,17-11(4)5)18-12(6)7/h10-13H,8H2,1-7H3. The van der Waals surface area contributed by atoms with Gasteiger partial charge in [0.15, 0.2) is 0 Å². The van der Waals surface area contributed by atoms with E-state index in [1.165, 1.54) is 0 Å². The van der Waals surface area contributed by atoms with Crippen molar-refractivity contribution in [3.05, 3.63) is 0 Å². The van der Waals surface area contributed by atoms with Gasteiger partial charge in [0.05, 0.1) is 0 Å². The highest BCUT2D eigenvalue weighted by Gasteiger charge is 2.52. The van der Waals surface area contributed by atoms with Gasteiger partial charge >= 0.3 is 8.80 Å². The number of hydrogen-bond donors (Lipinski definition) is 0. The van der Waals surface area contributed by atoms with Crippen LogP contribution in [0, 0.1) is 0 Å². The van der Waals surface area contributed by atoms with Crippen molar-refractivity contribution >= 4 is 14.9 Å². The highest BCUT2D eigenvalue weighted by molar-refractivity contribution is 6.62. The largest absolute Gasteiger partial charge is 0.528 e. The normalized spacial score (nSPS) is 14.0. The van der Waals surface area contributed by atoms with Crippen LogP contribution in [0.5, 0.6) is 0 Å². The summed E-state index contributed by atoms with van der Waals surface area (Å²) in [7, 11) is -3.06. The molecule has 0 amide bonds. The SMILES string of the molecule is CCC(N=C=O)[Si](OC(C)C)(OC(C)C)OC(C)C. The minimum absolute atomic E-state index is 0.0555. The second-order valence-corrected chi connectivity index (χ2v) is 7.83. The van der Waals surface area contributed by atoms with Crippen LogP contribution in [0.15, 0.2) is 4.99 Å². The average molecular weight is 289 g/mol. The van der Waals surface area contributed by atoms with Crippen molar-refractivity contribution in [3.63, 3.8) is 0 Å². The van der Waals surface area contributed by atoms with Crippen LogP contribution < -0.4 is 0 Å². The van der Waals surface area contributed by atoms with Crippen molar-refractivity contribution in [1.29, 1.82) is 0 Å². The lowest BCUT2D eigenvalue weighted by Crippen LogP contribution is -2.59. The topological polar surface area (TPSA) is 57.1 Å². The van der Waals surface area contributed by atoms with E-state index in [1.54, 1.807) is 6.08 Å². The summed E-state index contributed by atoms with van der Waals surface area (Å²) in [6.45, 7) is 13.5. The molecule has 5 nitrogen and oxygen atoms in total. The zero-order valence-corrected chi connectivity index (χ0v) is 14.1. The zero-order valence-electron chi connectivity index (χ0n) is 13.1. The Morgan fingerprint density at radius 2 is 1.32 bits per heavy atom. The molecule has 0 rings (SSSR count). The third-order valence-corrected chi connectivity index (χ3v) is 5.96. The maximum atomic E-state index is 10.6. The quantitative estimate of drug-likeness (QED) is 0.372. The van der Waals surface area contributed by atoms with Crippen molar-refractivity contribution in [2.45, 2.75) is 78.9 Å². The molecular weight excluding hydrogens is 262 g/mol. The summed E-state index contributed by atoms with van der Waals surface area (Å²) in [5.41, 5.74) is -0.405. The van der Waals surface area contributed by atoms with Gasteiger partial charge in [0.2, 0.25) is 6.08 Å². The second-order valence-electron chi connectivity index (χ2n) is 5.25. The lowest BCUT2D eigenvalue weighted by Gasteiger charge is -2.37. The second kappa shape index (κ2) is 8.61. The van der Waals surface area contributed by atoms with Gasteiger partial charge in [-0.1, -0.05) is 6.92 Å². The molecule has 0 bridgehead atoms. The van der Waals surface area contributed by atoms with Crippen molar-refractivity contribution in [2.24, 2.45) is 4.99 Å². The molecule has 0 aromatic heterocycles. The van der Waals surface area contributed by atoms with Crippen LogP contribution >= 0.6 is 0 Å². The number of carbonyl (C=O) groups excluding carboxylic acids is 1. The molecule has 0 aliphatic rings. The molecule has 112 valence electrons. The van der Waals surface area contributed by atoms with Gasteiger partial charge in [-0.25, -0.2) is 4.79 Å². The molecule has 0 aliphatic heterocycles. The number of nitrogens with zero attached hydrogens (tertiary/aromatic N) is 1. The van der Waals surface area contributed by atoms with E-state index in [0.29, 0.717) is 6.42 Å². The Morgan fingerprint density at radius 1 is 0.947 bits per heavy atom. The first kappa shape index (κ1) is 18.5. The Labute approximate surface area is 117 Å². The summed E-state index contributed by atoms with van der Waals surface area (Å²) < 4.78 is 18.0. The number of aliphatic imine (C=N–C) groups is 1. The van der Waals surface area contributed by atoms with E-state index in [4.69, 9.17) is 13.3 Å². The van der Waals surface area contributed by atoms with Gasteiger partial charge in [-0.15, -0.1) is 0 Å². The first-order chi connectivity index (χ1) is 8.77. The van der Waals surface area contributed by atoms with Crippen molar-refractivity contribution in [3.8, 4) is 0 Å². The summed E-state index contributed by atoms with van der Waals surface area (Å²) >= 11 is 0. The Hall–Kier alpha value is -0.523. The molecule has 0 saturated heterocycles. The van der Waals surface area contributed by atoms with Crippen molar-refractivity contribution in [1.82, 2.24) is 0 Å². The molecular formula is C13H27NO4Si. The van der Waals surface area contributed by atoms with E-state index in [0.717, 1.165) is 0 Å². The minimum atomic E-state index is -3.06. The van der Waals surface area contributed by atoms with Gasteiger partial charge in [-0.2, -0.15) is 4.99 Å². The predicted molar refractivity (Wildman–Crippen MR) is 76.6 cm³/mol. The lowest BCUT2D eigenvalue weighted by molar-refractivity contribution is -0.00400. The van der Waals surface area contributed by atoms with E-state index >= 15 is 0 Å². The third-order valence-electron chi connectivity index (χ3n) is 2.20. The molecule has 19 heavy (non-hydrogen) atoms. The van der Waals surface area contributed by atoms with Gasteiger partial charge in [-0.05, 0) is 48.0 Å². The van der Waals surface area contributed by atoms with E-state index in [1.807, 2.05) is 48.5 Å². The smallest absolute Gasteiger partial charge is 0.370 e. The third kappa shape index (κ3) is 6.45. The first-order valence-electron chi connectivity index (χ1n) is 6.87. The maximum absolute atomic E-state index is 10.6. The molecule has 6 heteroatoms. The molecule has 0 aliphatic carbocycles. The number of hydrogen-bond acceptors (Lipinski definition) is 5. The fraction of sp³-hybridized carbons (Fsp3) is 0.923. The fourth-order valence-corrected chi connectivity index (χ4v) is 5.11. The molecule has 0 saturated carbocycles. The molecule has 0 heterocycles. The average Bonchev–Trinajstić information content (AvgIpc) is 2.22. The van der Waals surface area contributed by atoms with Crippen LogP contribution in [0.3, 0.4) is 0 Å². The molecule has 0 radical (unpaired) electrons. The summed E-state index contributed by atoms with van der Waals surface area (Å²) in [4.78, 5) is 14.5. The van der Waals surface area contributed by atoms with Crippen LogP contribution in [0.4, 0.5) is 0 Å². The monoisotopic (exact) mass is 289 g/mol.